The molecular formula is C30H23ClN4O2. The van der Waals surface area contributed by atoms with E-state index >= 15 is 0 Å². The van der Waals surface area contributed by atoms with E-state index in [4.69, 9.17) is 26.4 Å². The zero-order chi connectivity index (χ0) is 25.6. The predicted octanol–water partition coefficient (Wildman–Crippen LogP) is 7.22. The fraction of sp³-hybridized carbons (Fsp3) is 0.0333. The van der Waals surface area contributed by atoms with Crippen LogP contribution in [0.15, 0.2) is 113 Å². The molecule has 0 amide bonds. The molecule has 37 heavy (non-hydrogen) atoms. The van der Waals surface area contributed by atoms with Gasteiger partial charge in [0, 0.05) is 27.9 Å². The highest BCUT2D eigenvalue weighted by atomic mass is 35.5. The van der Waals surface area contributed by atoms with Gasteiger partial charge in [-0.1, -0.05) is 72.3 Å². The van der Waals surface area contributed by atoms with E-state index in [9.17, 15) is 5.11 Å². The predicted molar refractivity (Wildman–Crippen MR) is 149 cm³/mol. The Bertz CT molecular complexity index is 1560. The summed E-state index contributed by atoms with van der Waals surface area (Å²) in [5, 5.41) is 15.6. The van der Waals surface area contributed by atoms with Crippen LogP contribution in [0.5, 0.6) is 11.5 Å². The van der Waals surface area contributed by atoms with Gasteiger partial charge < -0.3 is 9.84 Å². The number of aliphatic imine (C=N–C) groups is 1. The van der Waals surface area contributed by atoms with Crippen molar-refractivity contribution in [3.05, 3.63) is 119 Å². The molecule has 0 fully saturated rings. The molecule has 182 valence electrons. The van der Waals surface area contributed by atoms with Gasteiger partial charge in [0.25, 0.3) is 5.95 Å². The SMILES string of the molecule is COc1ccc(/C=N\n2c(N=Cc3cc(Cl)ccc3O)nc(-c3ccccc3)c2-c2ccccc2)cc1. The van der Waals surface area contributed by atoms with Gasteiger partial charge in [-0.25, -0.2) is 9.98 Å². The molecule has 5 rings (SSSR count). The van der Waals surface area contributed by atoms with Gasteiger partial charge in [-0.05, 0) is 48.0 Å². The first-order chi connectivity index (χ1) is 18.1. The number of hydrogen-bond donors (Lipinski definition) is 1. The van der Waals surface area contributed by atoms with Crippen LogP contribution in [0.2, 0.25) is 5.02 Å². The smallest absolute Gasteiger partial charge is 0.251 e. The molecule has 0 aliphatic carbocycles. The number of halogens is 1. The molecule has 0 saturated heterocycles. The maximum atomic E-state index is 10.3. The molecule has 0 aliphatic rings. The molecule has 0 atom stereocenters. The zero-order valence-electron chi connectivity index (χ0n) is 20.0. The van der Waals surface area contributed by atoms with Crippen molar-refractivity contribution in [3.8, 4) is 34.0 Å². The molecule has 1 aromatic heterocycles. The van der Waals surface area contributed by atoms with Crippen LogP contribution in [-0.4, -0.2) is 34.3 Å². The van der Waals surface area contributed by atoms with E-state index in [1.807, 2.05) is 84.9 Å². The van der Waals surface area contributed by atoms with Crippen LogP contribution < -0.4 is 4.74 Å². The number of rotatable bonds is 7. The van der Waals surface area contributed by atoms with E-state index in [-0.39, 0.29) is 5.75 Å². The fourth-order valence-electron chi connectivity index (χ4n) is 3.82. The average molecular weight is 507 g/mol. The number of hydrogen-bond acceptors (Lipinski definition) is 5. The largest absolute Gasteiger partial charge is 0.507 e. The first kappa shape index (κ1) is 24.0. The number of aromatic nitrogens is 2. The van der Waals surface area contributed by atoms with Gasteiger partial charge >= 0.3 is 0 Å². The van der Waals surface area contributed by atoms with Crippen molar-refractivity contribution in [2.75, 3.05) is 7.11 Å². The van der Waals surface area contributed by atoms with Crippen molar-refractivity contribution in [3.63, 3.8) is 0 Å². The molecule has 0 unspecified atom stereocenters. The van der Waals surface area contributed by atoms with E-state index in [1.165, 1.54) is 12.3 Å². The molecule has 0 aliphatic heterocycles. The number of methoxy groups -OCH3 is 1. The van der Waals surface area contributed by atoms with Gasteiger partial charge in [-0.3, -0.25) is 0 Å². The van der Waals surface area contributed by atoms with Gasteiger partial charge in [-0.15, -0.1) is 0 Å². The van der Waals surface area contributed by atoms with Crippen LogP contribution in [0, 0.1) is 0 Å². The lowest BCUT2D eigenvalue weighted by atomic mass is 10.1. The maximum absolute atomic E-state index is 10.3. The monoisotopic (exact) mass is 506 g/mol. The third-order valence-corrected chi connectivity index (χ3v) is 5.91. The van der Waals surface area contributed by atoms with Crippen molar-refractivity contribution in [1.29, 1.82) is 0 Å². The molecule has 0 bridgehead atoms. The van der Waals surface area contributed by atoms with Gasteiger partial charge in [0.1, 0.15) is 22.9 Å². The highest BCUT2D eigenvalue weighted by Gasteiger charge is 2.20. The summed E-state index contributed by atoms with van der Waals surface area (Å²) in [5.74, 6) is 1.18. The van der Waals surface area contributed by atoms with Crippen LogP contribution in [0.3, 0.4) is 0 Å². The lowest BCUT2D eigenvalue weighted by molar-refractivity contribution is 0.415. The Morgan fingerprint density at radius 3 is 2.19 bits per heavy atom. The topological polar surface area (TPSA) is 72.0 Å². The Balaban J connectivity index is 1.69. The van der Waals surface area contributed by atoms with Gasteiger partial charge in [0.15, 0.2) is 0 Å². The summed E-state index contributed by atoms with van der Waals surface area (Å²) in [7, 11) is 1.63. The van der Waals surface area contributed by atoms with Crippen molar-refractivity contribution >= 4 is 30.0 Å². The summed E-state index contributed by atoms with van der Waals surface area (Å²) in [6.45, 7) is 0. The summed E-state index contributed by atoms with van der Waals surface area (Å²) in [4.78, 5) is 9.51. The normalized spacial score (nSPS) is 11.4. The Morgan fingerprint density at radius 1 is 0.838 bits per heavy atom. The maximum Gasteiger partial charge on any atom is 0.251 e. The van der Waals surface area contributed by atoms with Crippen LogP contribution in [0.4, 0.5) is 5.95 Å². The van der Waals surface area contributed by atoms with Crippen molar-refractivity contribution < 1.29 is 9.84 Å². The number of phenolic OH excluding ortho intramolecular Hbond substituents is 1. The number of imidazole rings is 1. The van der Waals surface area contributed by atoms with E-state index in [1.54, 1.807) is 30.1 Å². The number of ether oxygens (including phenoxy) is 1. The molecule has 6 nitrogen and oxygen atoms in total. The molecule has 1 N–H and O–H groups in total. The summed E-state index contributed by atoms with van der Waals surface area (Å²) < 4.78 is 6.97. The molecular weight excluding hydrogens is 484 g/mol. The summed E-state index contributed by atoms with van der Waals surface area (Å²) in [6.07, 6.45) is 3.28. The second-order valence-electron chi connectivity index (χ2n) is 8.13. The Labute approximate surface area is 219 Å². The highest BCUT2D eigenvalue weighted by molar-refractivity contribution is 6.30. The van der Waals surface area contributed by atoms with Crippen LogP contribution in [-0.2, 0) is 0 Å². The lowest BCUT2D eigenvalue weighted by Gasteiger charge is -2.07. The van der Waals surface area contributed by atoms with Crippen LogP contribution >= 0.6 is 11.6 Å². The van der Waals surface area contributed by atoms with E-state index in [2.05, 4.69) is 4.99 Å². The quantitative estimate of drug-likeness (QED) is 0.237. The second-order valence-corrected chi connectivity index (χ2v) is 8.57. The number of benzene rings is 4. The molecule has 4 aromatic carbocycles. The minimum absolute atomic E-state index is 0.0690. The van der Waals surface area contributed by atoms with Gasteiger partial charge in [0.2, 0.25) is 0 Å². The molecule has 7 heteroatoms. The average Bonchev–Trinajstić information content (AvgIpc) is 3.32. The summed E-state index contributed by atoms with van der Waals surface area (Å²) >= 11 is 6.13. The van der Waals surface area contributed by atoms with Gasteiger partial charge in [0.05, 0.1) is 13.3 Å². The van der Waals surface area contributed by atoms with Gasteiger partial charge in [-0.2, -0.15) is 9.78 Å². The van der Waals surface area contributed by atoms with Crippen molar-refractivity contribution in [2.24, 2.45) is 10.1 Å². The number of nitrogens with zero attached hydrogens (tertiary/aromatic N) is 4. The molecule has 0 radical (unpaired) electrons. The molecule has 0 spiro atoms. The standard InChI is InChI=1S/C30H23ClN4O2/c1-37-26-15-12-21(13-16-26)19-33-35-29(23-10-6-3-7-11-23)28(22-8-4-2-5-9-22)34-30(35)32-20-24-18-25(31)14-17-27(24)36/h2-20,36H,1H3/b32-20?,33-19-. The number of aromatic hydroxyl groups is 1. The Hall–Kier alpha value is -4.68. The van der Waals surface area contributed by atoms with Crippen LogP contribution in [0.1, 0.15) is 11.1 Å². The molecule has 1 heterocycles. The Morgan fingerprint density at radius 2 is 1.51 bits per heavy atom. The highest BCUT2D eigenvalue weighted by Crippen LogP contribution is 2.35. The van der Waals surface area contributed by atoms with E-state index < -0.39 is 0 Å². The van der Waals surface area contributed by atoms with Crippen LogP contribution in [0.25, 0.3) is 22.5 Å². The number of phenols is 1. The first-order valence-corrected chi connectivity index (χ1v) is 11.9. The van der Waals surface area contributed by atoms with Crippen molar-refractivity contribution in [1.82, 2.24) is 9.66 Å². The zero-order valence-corrected chi connectivity index (χ0v) is 20.7. The minimum Gasteiger partial charge on any atom is -0.507 e. The second kappa shape index (κ2) is 10.9. The summed E-state index contributed by atoms with van der Waals surface area (Å²) in [5.41, 5.74) is 4.76. The van der Waals surface area contributed by atoms with E-state index in [0.717, 1.165) is 33.8 Å². The minimum atomic E-state index is 0.0690. The van der Waals surface area contributed by atoms with E-state index in [0.29, 0.717) is 16.5 Å². The first-order valence-electron chi connectivity index (χ1n) is 11.6. The molecule has 5 aromatic rings. The van der Waals surface area contributed by atoms with Crippen molar-refractivity contribution in [2.45, 2.75) is 0 Å². The third-order valence-electron chi connectivity index (χ3n) is 5.68. The fourth-order valence-corrected chi connectivity index (χ4v) is 4.00. The molecule has 0 saturated carbocycles. The Kier molecular flexibility index (Phi) is 7.10. The summed E-state index contributed by atoms with van der Waals surface area (Å²) in [6, 6.07) is 32.2. The third kappa shape index (κ3) is 5.44. The lowest BCUT2D eigenvalue weighted by Crippen LogP contribution is -1.95.